The molecule has 0 unspecified atom stereocenters. The highest BCUT2D eigenvalue weighted by Crippen LogP contribution is 2.35. The standard InChI is InChI=1S/C49H64N4O9/c1-5-42(37-14-10-7-11-15-37)46(38-16-20-40(54)21-17-38)39-18-22-41(23-19-39)62-27-25-53(4)45(55)34-61-31-30-60-29-28-59-26-24-51-48(57)44(32-35(2)3)52-49(58)47(56)43(50)33-36-12-8-6-9-13-36/h6-23,35,43-44,47,54,56H,5,24-34,50H2,1-4H3,(H,51,57)(H,52,58)/b46-42-/t43-,44+,47+/m1/s1. The molecule has 4 aromatic carbocycles. The van der Waals surface area contributed by atoms with Crippen LogP contribution < -0.4 is 21.1 Å². The molecule has 4 aromatic rings. The van der Waals surface area contributed by atoms with Crippen LogP contribution in [0.3, 0.4) is 0 Å². The van der Waals surface area contributed by atoms with Gasteiger partial charge in [0.15, 0.2) is 0 Å². The van der Waals surface area contributed by atoms with Crippen molar-refractivity contribution in [1.29, 1.82) is 0 Å². The van der Waals surface area contributed by atoms with Gasteiger partial charge in [-0.2, -0.15) is 0 Å². The van der Waals surface area contributed by atoms with Gasteiger partial charge in [0, 0.05) is 19.6 Å². The number of allylic oxidation sites excluding steroid dienone is 1. The number of amides is 3. The minimum atomic E-state index is -1.47. The van der Waals surface area contributed by atoms with E-state index in [0.717, 1.165) is 34.2 Å². The second kappa shape index (κ2) is 26.7. The summed E-state index contributed by atoms with van der Waals surface area (Å²) in [7, 11) is 1.70. The second-order valence-electron chi connectivity index (χ2n) is 15.4. The van der Waals surface area contributed by atoms with Crippen molar-refractivity contribution in [2.24, 2.45) is 11.7 Å². The molecule has 62 heavy (non-hydrogen) atoms. The van der Waals surface area contributed by atoms with E-state index in [9.17, 15) is 24.6 Å². The van der Waals surface area contributed by atoms with Crippen LogP contribution in [0, 0.1) is 5.92 Å². The van der Waals surface area contributed by atoms with Crippen molar-refractivity contribution in [2.45, 2.75) is 58.2 Å². The highest BCUT2D eigenvalue weighted by atomic mass is 16.5. The Morgan fingerprint density at radius 1 is 0.726 bits per heavy atom. The molecule has 0 aliphatic carbocycles. The van der Waals surface area contributed by atoms with E-state index in [1.807, 2.05) is 98.8 Å². The molecule has 0 saturated carbocycles. The number of aliphatic hydroxyl groups excluding tert-OH is 1. The predicted octanol–water partition coefficient (Wildman–Crippen LogP) is 5.23. The third-order valence-corrected chi connectivity index (χ3v) is 10.0. The molecule has 3 amide bonds. The predicted molar refractivity (Wildman–Crippen MR) is 241 cm³/mol. The Morgan fingerprint density at radius 3 is 1.92 bits per heavy atom. The van der Waals surface area contributed by atoms with Gasteiger partial charge in [0.1, 0.15) is 36.9 Å². The summed E-state index contributed by atoms with van der Waals surface area (Å²) >= 11 is 0. The molecule has 13 heteroatoms. The summed E-state index contributed by atoms with van der Waals surface area (Å²) in [4.78, 5) is 39.8. The maximum Gasteiger partial charge on any atom is 0.251 e. The van der Waals surface area contributed by atoms with Crippen LogP contribution in [0.4, 0.5) is 0 Å². The normalized spacial score (nSPS) is 13.1. The summed E-state index contributed by atoms with van der Waals surface area (Å²) in [6, 6.07) is 33.1. The van der Waals surface area contributed by atoms with Crippen molar-refractivity contribution < 1.29 is 43.5 Å². The van der Waals surface area contributed by atoms with E-state index >= 15 is 0 Å². The fourth-order valence-corrected chi connectivity index (χ4v) is 6.68. The van der Waals surface area contributed by atoms with Gasteiger partial charge in [-0.3, -0.25) is 14.4 Å². The van der Waals surface area contributed by atoms with Crippen LogP contribution in [-0.4, -0.2) is 117 Å². The van der Waals surface area contributed by atoms with Crippen LogP contribution in [0.25, 0.3) is 11.1 Å². The topological polar surface area (TPSA) is 182 Å². The van der Waals surface area contributed by atoms with Gasteiger partial charge in [-0.25, -0.2) is 0 Å². The van der Waals surface area contributed by atoms with E-state index in [1.54, 1.807) is 24.1 Å². The van der Waals surface area contributed by atoms with E-state index in [-0.39, 0.29) is 56.5 Å². The van der Waals surface area contributed by atoms with Crippen LogP contribution in [-0.2, 0) is 35.0 Å². The van der Waals surface area contributed by atoms with E-state index in [4.69, 9.17) is 24.7 Å². The molecule has 0 saturated heterocycles. The molecular formula is C49H64N4O9. The average molecular weight is 853 g/mol. The average Bonchev–Trinajstić information content (AvgIpc) is 3.27. The molecule has 0 aliphatic rings. The number of rotatable bonds is 27. The van der Waals surface area contributed by atoms with Gasteiger partial charge in [0.05, 0.1) is 39.6 Å². The van der Waals surface area contributed by atoms with Gasteiger partial charge in [0.25, 0.3) is 5.91 Å². The number of nitrogens with two attached hydrogens (primary N) is 1. The lowest BCUT2D eigenvalue weighted by Crippen LogP contribution is -2.54. The van der Waals surface area contributed by atoms with Gasteiger partial charge >= 0.3 is 0 Å². The van der Waals surface area contributed by atoms with Gasteiger partial charge in [-0.05, 0) is 82.8 Å². The number of aromatic hydroxyl groups is 1. The van der Waals surface area contributed by atoms with E-state index in [2.05, 4.69) is 29.7 Å². The minimum Gasteiger partial charge on any atom is -0.508 e. The highest BCUT2D eigenvalue weighted by Gasteiger charge is 2.28. The van der Waals surface area contributed by atoms with Crippen molar-refractivity contribution in [2.75, 3.05) is 66.4 Å². The number of aliphatic hydroxyl groups is 1. The second-order valence-corrected chi connectivity index (χ2v) is 15.4. The number of nitrogens with zero attached hydrogens (tertiary/aromatic N) is 1. The molecule has 0 spiro atoms. The number of carbonyl (C=O) groups is 3. The number of likely N-dealkylation sites (N-methyl/N-ethyl adjacent to an activating group) is 1. The summed E-state index contributed by atoms with van der Waals surface area (Å²) in [6.07, 6.45) is 0.0630. The van der Waals surface area contributed by atoms with Crippen LogP contribution in [0.5, 0.6) is 11.5 Å². The largest absolute Gasteiger partial charge is 0.508 e. The van der Waals surface area contributed by atoms with Crippen LogP contribution in [0.1, 0.15) is 55.9 Å². The third-order valence-electron chi connectivity index (χ3n) is 10.0. The Labute approximate surface area is 366 Å². The number of hydrogen-bond donors (Lipinski definition) is 5. The number of ether oxygens (including phenoxy) is 4. The fourth-order valence-electron chi connectivity index (χ4n) is 6.68. The Balaban J connectivity index is 1.07. The molecule has 0 fully saturated rings. The zero-order valence-electron chi connectivity index (χ0n) is 36.5. The summed E-state index contributed by atoms with van der Waals surface area (Å²) in [5, 5.41) is 25.9. The van der Waals surface area contributed by atoms with Crippen molar-refractivity contribution in [1.82, 2.24) is 15.5 Å². The first-order valence-electron chi connectivity index (χ1n) is 21.3. The van der Waals surface area contributed by atoms with Crippen LogP contribution >= 0.6 is 0 Å². The summed E-state index contributed by atoms with van der Waals surface area (Å²) < 4.78 is 22.6. The van der Waals surface area contributed by atoms with Crippen molar-refractivity contribution in [3.63, 3.8) is 0 Å². The maximum absolute atomic E-state index is 12.9. The van der Waals surface area contributed by atoms with E-state index < -0.39 is 24.1 Å². The summed E-state index contributed by atoms with van der Waals surface area (Å²) in [5.74, 6) is -0.213. The molecule has 0 radical (unpaired) electrons. The zero-order valence-corrected chi connectivity index (χ0v) is 36.5. The molecule has 13 nitrogen and oxygen atoms in total. The number of phenolic OH excluding ortho intramolecular Hbond substituents is 1. The summed E-state index contributed by atoms with van der Waals surface area (Å²) in [5.41, 5.74) is 12.5. The first kappa shape index (κ1) is 49.1. The van der Waals surface area contributed by atoms with Gasteiger partial charge in [0.2, 0.25) is 11.8 Å². The molecule has 0 aromatic heterocycles. The van der Waals surface area contributed by atoms with E-state index in [1.165, 1.54) is 5.57 Å². The van der Waals surface area contributed by atoms with Gasteiger partial charge in [-0.1, -0.05) is 106 Å². The van der Waals surface area contributed by atoms with Gasteiger partial charge in [-0.15, -0.1) is 0 Å². The lowest BCUT2D eigenvalue weighted by molar-refractivity contribution is -0.135. The maximum atomic E-state index is 12.9. The van der Waals surface area contributed by atoms with Crippen molar-refractivity contribution >= 4 is 28.9 Å². The Bertz CT molecular complexity index is 1960. The lowest BCUT2D eigenvalue weighted by Gasteiger charge is -2.24. The van der Waals surface area contributed by atoms with Crippen molar-refractivity contribution in [3.05, 3.63) is 131 Å². The van der Waals surface area contributed by atoms with Crippen molar-refractivity contribution in [3.8, 4) is 11.5 Å². The monoisotopic (exact) mass is 852 g/mol. The molecule has 4 rings (SSSR count). The molecular weight excluding hydrogens is 789 g/mol. The number of benzene rings is 4. The van der Waals surface area contributed by atoms with Crippen LogP contribution in [0.15, 0.2) is 109 Å². The molecule has 0 heterocycles. The Morgan fingerprint density at radius 2 is 1.31 bits per heavy atom. The number of carbonyl (C=O) groups excluding carboxylic acids is 3. The molecule has 6 N–H and O–H groups in total. The minimum absolute atomic E-state index is 0.0873. The van der Waals surface area contributed by atoms with Crippen LogP contribution in [0.2, 0.25) is 0 Å². The molecule has 0 aliphatic heterocycles. The SMILES string of the molecule is CC/C(=C(\c1ccc(O)cc1)c1ccc(OCCN(C)C(=O)COCCOCCOCCNC(=O)[C@H](CC(C)C)NC(=O)[C@@H](O)[C@H](N)Cc2ccccc2)cc1)c1ccccc1. The number of nitrogens with one attached hydrogen (secondary N) is 2. The fraction of sp³-hybridized carbons (Fsp3) is 0.408. The van der Waals surface area contributed by atoms with E-state index in [0.29, 0.717) is 45.0 Å². The summed E-state index contributed by atoms with van der Waals surface area (Å²) in [6.45, 7) is 8.20. The number of phenols is 1. The lowest BCUT2D eigenvalue weighted by atomic mass is 9.88. The Hall–Kier alpha value is -5.57. The smallest absolute Gasteiger partial charge is 0.251 e. The first-order valence-corrected chi connectivity index (χ1v) is 21.3. The van der Waals surface area contributed by atoms with Gasteiger partial charge < -0.3 is 50.4 Å². The first-order chi connectivity index (χ1) is 30.0. The molecule has 3 atom stereocenters. The zero-order chi connectivity index (χ0) is 44.7. The Kier molecular flexibility index (Phi) is 21.1. The third kappa shape index (κ3) is 16.7. The highest BCUT2D eigenvalue weighted by molar-refractivity contribution is 5.98. The number of hydrogen-bond acceptors (Lipinski definition) is 10. The molecule has 334 valence electrons. The molecule has 0 bridgehead atoms. The quantitative estimate of drug-likeness (QED) is 0.0394.